The molecule has 45 heavy (non-hydrogen) atoms. The molecule has 5 atom stereocenters. The Morgan fingerprint density at radius 3 is 2.27 bits per heavy atom. The summed E-state index contributed by atoms with van der Waals surface area (Å²) in [6, 6.07) is 14.4. The second-order valence-corrected chi connectivity index (χ2v) is 12.5. The Labute approximate surface area is 269 Å². The summed E-state index contributed by atoms with van der Waals surface area (Å²) in [5, 5.41) is 5.01. The van der Waals surface area contributed by atoms with Gasteiger partial charge in [0.05, 0.1) is 16.4 Å². The summed E-state index contributed by atoms with van der Waals surface area (Å²) in [7, 11) is 1.56. The van der Waals surface area contributed by atoms with Gasteiger partial charge in [-0.25, -0.2) is 0 Å². The van der Waals surface area contributed by atoms with E-state index in [1.165, 1.54) is 4.90 Å². The first-order valence-corrected chi connectivity index (χ1v) is 16.2. The molecule has 0 spiro atoms. The number of nitrogens with one attached hydrogen (secondary N) is 2. The number of unbranched alkanes of at least 4 members (excludes halogenated alkanes) is 1. The van der Waals surface area contributed by atoms with E-state index in [2.05, 4.69) is 35.4 Å². The lowest BCUT2D eigenvalue weighted by atomic mass is 9.81. The van der Waals surface area contributed by atoms with Crippen molar-refractivity contribution in [2.24, 2.45) is 11.8 Å². The number of rotatable bonds is 11. The van der Waals surface area contributed by atoms with Crippen LogP contribution in [-0.2, 0) is 14.4 Å². The van der Waals surface area contributed by atoms with Gasteiger partial charge in [-0.2, -0.15) is 12.6 Å². The molecule has 2 aromatic rings. The molecule has 5 amide bonds. The molecular formula is C35H40N4O5S. The monoisotopic (exact) mass is 628 g/mol. The fraction of sp³-hybridized carbons (Fsp3) is 0.400. The lowest BCUT2D eigenvalue weighted by molar-refractivity contribution is -0.143. The van der Waals surface area contributed by atoms with Crippen LogP contribution in [0.1, 0.15) is 70.8 Å². The van der Waals surface area contributed by atoms with Crippen LogP contribution in [0.2, 0.25) is 0 Å². The van der Waals surface area contributed by atoms with Crippen LogP contribution in [0.3, 0.4) is 0 Å². The van der Waals surface area contributed by atoms with Gasteiger partial charge < -0.3 is 15.5 Å². The van der Waals surface area contributed by atoms with E-state index in [1.807, 2.05) is 42.5 Å². The van der Waals surface area contributed by atoms with Gasteiger partial charge in [-0.1, -0.05) is 73.2 Å². The molecule has 2 N–H and O–H groups in total. The van der Waals surface area contributed by atoms with Crippen molar-refractivity contribution in [3.05, 3.63) is 95.6 Å². The Morgan fingerprint density at radius 2 is 1.62 bits per heavy atom. The number of allylic oxidation sites excluding steroid dienone is 4. The molecule has 2 aromatic carbocycles. The van der Waals surface area contributed by atoms with Gasteiger partial charge in [0.25, 0.3) is 11.8 Å². The number of hydrogen-bond donors (Lipinski definition) is 3. The fourth-order valence-electron chi connectivity index (χ4n) is 6.55. The maximum Gasteiger partial charge on any atom is 0.261 e. The van der Waals surface area contributed by atoms with E-state index in [9.17, 15) is 24.0 Å². The van der Waals surface area contributed by atoms with Crippen molar-refractivity contribution >= 4 is 42.2 Å². The van der Waals surface area contributed by atoms with Crippen LogP contribution < -0.4 is 10.6 Å². The molecule has 0 saturated carbocycles. The molecule has 9 nitrogen and oxygen atoms in total. The highest BCUT2D eigenvalue weighted by Gasteiger charge is 2.40. The van der Waals surface area contributed by atoms with Crippen LogP contribution in [0.15, 0.2) is 78.9 Å². The summed E-state index contributed by atoms with van der Waals surface area (Å²) >= 11 is 4.56. The molecule has 4 unspecified atom stereocenters. The molecule has 236 valence electrons. The molecule has 5 rings (SSSR count). The largest absolute Gasteiger partial charge is 0.357 e. The number of likely N-dealkylation sites (N-methyl/N-ethyl adjacent to an activating group) is 1. The zero-order valence-electron chi connectivity index (χ0n) is 25.4. The third kappa shape index (κ3) is 7.22. The zero-order valence-corrected chi connectivity index (χ0v) is 26.3. The SMILES string of the molecule is CNC(=O)C(c1ccccc1)N1CCC([C@H]2C=CC=CC2)CC(NC(=O)C(S)CCCCN2C(=O)c3ccccc3C2=O)C1=O. The van der Waals surface area contributed by atoms with E-state index in [1.54, 1.807) is 36.2 Å². The number of likely N-dealkylation sites (tertiary alicyclic amines) is 1. The molecule has 2 aliphatic heterocycles. The Morgan fingerprint density at radius 1 is 0.933 bits per heavy atom. The van der Waals surface area contributed by atoms with Gasteiger partial charge in [0, 0.05) is 20.1 Å². The van der Waals surface area contributed by atoms with Gasteiger partial charge in [-0.05, 0) is 61.6 Å². The van der Waals surface area contributed by atoms with Crippen LogP contribution >= 0.6 is 12.6 Å². The molecule has 0 radical (unpaired) electrons. The zero-order chi connectivity index (χ0) is 31.9. The predicted molar refractivity (Wildman–Crippen MR) is 174 cm³/mol. The summed E-state index contributed by atoms with van der Waals surface area (Å²) in [6.45, 7) is 0.648. The van der Waals surface area contributed by atoms with Crippen LogP contribution in [0.4, 0.5) is 0 Å². The second kappa shape index (κ2) is 14.7. The molecule has 1 fully saturated rings. The number of nitrogens with zero attached hydrogens (tertiary/aromatic N) is 2. The number of amides is 5. The number of benzene rings is 2. The van der Waals surface area contributed by atoms with Crippen molar-refractivity contribution in [1.29, 1.82) is 0 Å². The van der Waals surface area contributed by atoms with Crippen molar-refractivity contribution < 1.29 is 24.0 Å². The average molecular weight is 629 g/mol. The van der Waals surface area contributed by atoms with Crippen LogP contribution in [0.25, 0.3) is 0 Å². The molecule has 2 heterocycles. The highest BCUT2D eigenvalue weighted by Crippen LogP contribution is 2.34. The summed E-state index contributed by atoms with van der Waals surface area (Å²) in [5.74, 6) is -1.16. The third-order valence-corrected chi connectivity index (χ3v) is 9.50. The van der Waals surface area contributed by atoms with E-state index in [0.717, 1.165) is 6.42 Å². The minimum Gasteiger partial charge on any atom is -0.357 e. The van der Waals surface area contributed by atoms with Crippen LogP contribution in [0, 0.1) is 11.8 Å². The van der Waals surface area contributed by atoms with Crippen molar-refractivity contribution in [3.63, 3.8) is 0 Å². The third-order valence-electron chi connectivity index (χ3n) is 9.01. The molecule has 0 bridgehead atoms. The molecule has 0 aromatic heterocycles. The number of carbonyl (C=O) groups is 5. The number of imide groups is 1. The fourth-order valence-corrected chi connectivity index (χ4v) is 6.80. The summed E-state index contributed by atoms with van der Waals surface area (Å²) in [4.78, 5) is 68.9. The van der Waals surface area contributed by atoms with Gasteiger partial charge in [0.2, 0.25) is 17.7 Å². The summed E-state index contributed by atoms with van der Waals surface area (Å²) in [6.07, 6.45) is 11.8. The predicted octanol–water partition coefficient (Wildman–Crippen LogP) is 4.09. The van der Waals surface area contributed by atoms with Gasteiger partial charge in [0.1, 0.15) is 12.1 Å². The highest BCUT2D eigenvalue weighted by atomic mass is 32.1. The lowest BCUT2D eigenvalue weighted by Gasteiger charge is -2.32. The molecular weight excluding hydrogens is 588 g/mol. The topological polar surface area (TPSA) is 116 Å². The van der Waals surface area contributed by atoms with Gasteiger partial charge in [-0.15, -0.1) is 0 Å². The minimum absolute atomic E-state index is 0.129. The number of thiol groups is 1. The number of carbonyl (C=O) groups excluding carboxylic acids is 5. The van der Waals surface area contributed by atoms with E-state index in [4.69, 9.17) is 0 Å². The number of fused-ring (bicyclic) bond motifs is 1. The normalized spacial score (nSPS) is 22.5. The van der Waals surface area contributed by atoms with E-state index in [-0.39, 0.29) is 47.9 Å². The van der Waals surface area contributed by atoms with Gasteiger partial charge >= 0.3 is 0 Å². The lowest BCUT2D eigenvalue weighted by Crippen LogP contribution is -2.52. The van der Waals surface area contributed by atoms with Crippen molar-refractivity contribution in [1.82, 2.24) is 20.4 Å². The van der Waals surface area contributed by atoms with Gasteiger partial charge in [0.15, 0.2) is 0 Å². The van der Waals surface area contributed by atoms with Gasteiger partial charge in [-0.3, -0.25) is 28.9 Å². The van der Waals surface area contributed by atoms with E-state index < -0.39 is 17.3 Å². The van der Waals surface area contributed by atoms with Crippen molar-refractivity contribution in [3.8, 4) is 0 Å². The van der Waals surface area contributed by atoms with Crippen LogP contribution in [0.5, 0.6) is 0 Å². The Balaban J connectivity index is 1.24. The molecule has 10 heteroatoms. The summed E-state index contributed by atoms with van der Waals surface area (Å²) in [5.41, 5.74) is 1.54. The van der Waals surface area contributed by atoms with Crippen molar-refractivity contribution in [2.45, 2.75) is 55.9 Å². The Kier molecular flexibility index (Phi) is 10.5. The first kappa shape index (κ1) is 32.2. The van der Waals surface area contributed by atoms with Crippen LogP contribution in [-0.4, -0.2) is 70.8 Å². The summed E-state index contributed by atoms with van der Waals surface area (Å²) < 4.78 is 0. The quantitative estimate of drug-likeness (QED) is 0.197. The number of hydrogen-bond acceptors (Lipinski definition) is 6. The average Bonchev–Trinajstić information content (AvgIpc) is 3.20. The van der Waals surface area contributed by atoms with E-state index >= 15 is 0 Å². The molecule has 1 aliphatic carbocycles. The second-order valence-electron chi connectivity index (χ2n) is 11.8. The van der Waals surface area contributed by atoms with E-state index in [0.29, 0.717) is 55.3 Å². The molecule has 3 aliphatic rings. The first-order chi connectivity index (χ1) is 21.8. The first-order valence-electron chi connectivity index (χ1n) is 15.6. The highest BCUT2D eigenvalue weighted by molar-refractivity contribution is 7.81. The Bertz CT molecular complexity index is 1460. The minimum atomic E-state index is -0.822. The maximum atomic E-state index is 14.1. The molecule has 1 saturated heterocycles. The maximum absolute atomic E-state index is 14.1. The Hall–Kier alpha value is -4.18. The smallest absolute Gasteiger partial charge is 0.261 e. The standard InChI is InChI=1S/C35H40N4O5S/c1-36-32(41)30(24-14-6-3-7-15-24)38-21-19-25(23-12-4-2-5-13-23)22-28(35(38)44)37-31(40)29(45)18-10-11-20-39-33(42)26-16-8-9-17-27(26)34(39)43/h2-9,12,14-17,23,25,28-30,45H,10-11,13,18-22H2,1H3,(H,36,41)(H,37,40)/t23-,25?,28?,29?,30?/m0/s1. The van der Waals surface area contributed by atoms with Crippen molar-refractivity contribution in [2.75, 3.05) is 20.1 Å².